The number of aromatic nitrogens is 2. The third-order valence-corrected chi connectivity index (χ3v) is 5.65. The molecule has 0 spiro atoms. The van der Waals surface area contributed by atoms with Gasteiger partial charge in [0.2, 0.25) is 5.13 Å². The second-order valence-corrected chi connectivity index (χ2v) is 7.86. The molecular weight excluding hydrogens is 366 g/mol. The van der Waals surface area contributed by atoms with E-state index in [9.17, 15) is 4.79 Å². The number of carbonyl (C=O) groups excluding carboxylic acids is 1. The molecule has 1 aromatic heterocycles. The summed E-state index contributed by atoms with van der Waals surface area (Å²) in [5.41, 5.74) is 2.21. The van der Waals surface area contributed by atoms with Gasteiger partial charge in [-0.2, -0.15) is 0 Å². The predicted octanol–water partition coefficient (Wildman–Crippen LogP) is 4.54. The Morgan fingerprint density at radius 1 is 1.15 bits per heavy atom. The molecule has 26 heavy (non-hydrogen) atoms. The Kier molecular flexibility index (Phi) is 6.25. The SMILES string of the molecule is Cc1ccccc1O[C@@H](C)C(=O)Nc1nnc(SCc2ccccc2)s1. The minimum absolute atomic E-state index is 0.246. The van der Waals surface area contributed by atoms with Gasteiger partial charge in [0.15, 0.2) is 10.4 Å². The Hall–Kier alpha value is -2.38. The highest BCUT2D eigenvalue weighted by molar-refractivity contribution is 8.00. The lowest BCUT2D eigenvalue weighted by molar-refractivity contribution is -0.122. The number of carbonyl (C=O) groups is 1. The molecule has 0 unspecified atom stereocenters. The first-order valence-electron chi connectivity index (χ1n) is 8.15. The lowest BCUT2D eigenvalue weighted by Gasteiger charge is -2.15. The number of ether oxygens (including phenoxy) is 1. The number of hydrogen-bond acceptors (Lipinski definition) is 6. The van der Waals surface area contributed by atoms with Crippen LogP contribution in [-0.4, -0.2) is 22.2 Å². The molecule has 3 rings (SSSR count). The highest BCUT2D eigenvalue weighted by Gasteiger charge is 2.17. The second-order valence-electron chi connectivity index (χ2n) is 5.66. The maximum Gasteiger partial charge on any atom is 0.266 e. The molecule has 0 aliphatic heterocycles. The molecule has 3 aromatic rings. The standard InChI is InChI=1S/C19H19N3O2S2/c1-13-8-6-7-11-16(13)24-14(2)17(23)20-18-21-22-19(26-18)25-12-15-9-4-3-5-10-15/h3-11,14H,12H2,1-2H3,(H,20,21,23)/t14-/m0/s1. The van der Waals surface area contributed by atoms with Crippen LogP contribution in [0.4, 0.5) is 5.13 Å². The molecule has 0 bridgehead atoms. The first kappa shape index (κ1) is 18.4. The van der Waals surface area contributed by atoms with Gasteiger partial charge in [0, 0.05) is 5.75 Å². The van der Waals surface area contributed by atoms with Gasteiger partial charge in [-0.1, -0.05) is 71.6 Å². The molecule has 1 N–H and O–H groups in total. The molecule has 5 nitrogen and oxygen atoms in total. The fourth-order valence-corrected chi connectivity index (χ4v) is 3.89. The Morgan fingerprint density at radius 2 is 1.88 bits per heavy atom. The van der Waals surface area contributed by atoms with Gasteiger partial charge >= 0.3 is 0 Å². The van der Waals surface area contributed by atoms with Gasteiger partial charge < -0.3 is 4.74 Å². The van der Waals surface area contributed by atoms with Gasteiger partial charge in [-0.05, 0) is 31.0 Å². The molecule has 1 amide bonds. The summed E-state index contributed by atoms with van der Waals surface area (Å²) >= 11 is 2.96. The van der Waals surface area contributed by atoms with Crippen LogP contribution < -0.4 is 10.1 Å². The summed E-state index contributed by atoms with van der Waals surface area (Å²) in [6.45, 7) is 3.66. The van der Waals surface area contributed by atoms with Gasteiger partial charge in [0.1, 0.15) is 5.75 Å². The largest absolute Gasteiger partial charge is 0.481 e. The van der Waals surface area contributed by atoms with Crippen LogP contribution in [0.1, 0.15) is 18.1 Å². The van der Waals surface area contributed by atoms with E-state index in [1.165, 1.54) is 16.9 Å². The summed E-state index contributed by atoms with van der Waals surface area (Å²) in [6, 6.07) is 17.8. The van der Waals surface area contributed by atoms with E-state index >= 15 is 0 Å². The van der Waals surface area contributed by atoms with Crippen LogP contribution in [0.3, 0.4) is 0 Å². The Balaban J connectivity index is 1.53. The normalized spacial score (nSPS) is 11.8. The Labute approximate surface area is 160 Å². The molecule has 0 fully saturated rings. The molecule has 134 valence electrons. The topological polar surface area (TPSA) is 64.1 Å². The highest BCUT2D eigenvalue weighted by Crippen LogP contribution is 2.28. The fraction of sp³-hybridized carbons (Fsp3) is 0.211. The van der Waals surface area contributed by atoms with Crippen molar-refractivity contribution in [3.8, 4) is 5.75 Å². The number of thioether (sulfide) groups is 1. The summed E-state index contributed by atoms with van der Waals surface area (Å²) in [5, 5.41) is 11.4. The van der Waals surface area contributed by atoms with Gasteiger partial charge in [-0.3, -0.25) is 10.1 Å². The number of amides is 1. The van der Waals surface area contributed by atoms with Crippen molar-refractivity contribution in [2.24, 2.45) is 0 Å². The van der Waals surface area contributed by atoms with Crippen molar-refractivity contribution in [3.63, 3.8) is 0 Å². The zero-order valence-corrected chi connectivity index (χ0v) is 16.1. The van der Waals surface area contributed by atoms with E-state index in [1.807, 2.05) is 49.4 Å². The second kappa shape index (κ2) is 8.82. The van der Waals surface area contributed by atoms with Crippen molar-refractivity contribution >= 4 is 34.1 Å². The minimum atomic E-state index is -0.625. The predicted molar refractivity (Wildman–Crippen MR) is 106 cm³/mol. The van der Waals surface area contributed by atoms with Gasteiger partial charge in [0.25, 0.3) is 5.91 Å². The van der Waals surface area contributed by atoms with Crippen LogP contribution in [0.5, 0.6) is 5.75 Å². The first-order valence-corrected chi connectivity index (χ1v) is 9.95. The quantitative estimate of drug-likeness (QED) is 0.478. The number of benzene rings is 2. The number of nitrogens with one attached hydrogen (secondary N) is 1. The van der Waals surface area contributed by atoms with Gasteiger partial charge in [0.05, 0.1) is 0 Å². The van der Waals surface area contributed by atoms with Crippen LogP contribution in [0, 0.1) is 6.92 Å². The molecule has 0 aliphatic rings. The minimum Gasteiger partial charge on any atom is -0.481 e. The van der Waals surface area contributed by atoms with Crippen LogP contribution in [0.2, 0.25) is 0 Å². The van der Waals surface area contributed by atoms with E-state index < -0.39 is 6.10 Å². The van der Waals surface area contributed by atoms with Crippen molar-refractivity contribution in [2.75, 3.05) is 5.32 Å². The smallest absolute Gasteiger partial charge is 0.266 e. The third-order valence-electron chi connectivity index (χ3n) is 3.61. The number of rotatable bonds is 7. The molecule has 1 heterocycles. The summed E-state index contributed by atoms with van der Waals surface area (Å²) in [4.78, 5) is 12.3. The van der Waals surface area contributed by atoms with Crippen LogP contribution in [0.25, 0.3) is 0 Å². The van der Waals surface area contributed by atoms with Crippen molar-refractivity contribution < 1.29 is 9.53 Å². The summed E-state index contributed by atoms with van der Waals surface area (Å²) in [7, 11) is 0. The van der Waals surface area contributed by atoms with E-state index in [-0.39, 0.29) is 5.91 Å². The van der Waals surface area contributed by atoms with E-state index in [2.05, 4.69) is 27.6 Å². The molecule has 0 saturated heterocycles. The summed E-state index contributed by atoms with van der Waals surface area (Å²) in [6.07, 6.45) is -0.625. The lowest BCUT2D eigenvalue weighted by Crippen LogP contribution is -2.30. The number of hydrogen-bond donors (Lipinski definition) is 1. The first-order chi connectivity index (χ1) is 12.6. The van der Waals surface area contributed by atoms with Crippen LogP contribution in [-0.2, 0) is 10.5 Å². The van der Waals surface area contributed by atoms with Crippen molar-refractivity contribution in [3.05, 3.63) is 65.7 Å². The summed E-state index contributed by atoms with van der Waals surface area (Å²) < 4.78 is 6.55. The number of nitrogens with zero attached hydrogens (tertiary/aromatic N) is 2. The van der Waals surface area contributed by atoms with Gasteiger partial charge in [-0.15, -0.1) is 10.2 Å². The van der Waals surface area contributed by atoms with Crippen LogP contribution >= 0.6 is 23.1 Å². The van der Waals surface area contributed by atoms with E-state index in [4.69, 9.17) is 4.74 Å². The molecule has 0 saturated carbocycles. The summed E-state index contributed by atoms with van der Waals surface area (Å²) in [5.74, 6) is 1.27. The number of aryl methyl sites for hydroxylation is 1. The fourth-order valence-electron chi connectivity index (χ4n) is 2.18. The van der Waals surface area contributed by atoms with Crippen molar-refractivity contribution in [1.29, 1.82) is 0 Å². The van der Waals surface area contributed by atoms with Crippen molar-refractivity contribution in [1.82, 2.24) is 10.2 Å². The molecule has 0 radical (unpaired) electrons. The Bertz CT molecular complexity index is 868. The van der Waals surface area contributed by atoms with Gasteiger partial charge in [-0.25, -0.2) is 0 Å². The lowest BCUT2D eigenvalue weighted by atomic mass is 10.2. The maximum atomic E-state index is 12.3. The van der Waals surface area contributed by atoms with E-state index in [1.54, 1.807) is 18.7 Å². The van der Waals surface area contributed by atoms with E-state index in [0.29, 0.717) is 10.9 Å². The average molecular weight is 386 g/mol. The molecule has 7 heteroatoms. The molecule has 2 aromatic carbocycles. The van der Waals surface area contributed by atoms with E-state index in [0.717, 1.165) is 15.7 Å². The average Bonchev–Trinajstić information content (AvgIpc) is 3.10. The highest BCUT2D eigenvalue weighted by atomic mass is 32.2. The molecular formula is C19H19N3O2S2. The maximum absolute atomic E-state index is 12.3. The molecule has 0 aliphatic carbocycles. The third kappa shape index (κ3) is 5.06. The van der Waals surface area contributed by atoms with Crippen molar-refractivity contribution in [2.45, 2.75) is 30.0 Å². The zero-order chi connectivity index (χ0) is 18.4. The van der Waals surface area contributed by atoms with Crippen LogP contribution in [0.15, 0.2) is 58.9 Å². The zero-order valence-electron chi connectivity index (χ0n) is 14.5. The molecule has 1 atom stereocenters. The Morgan fingerprint density at radius 3 is 2.65 bits per heavy atom. The number of anilines is 1. The monoisotopic (exact) mass is 385 g/mol. The number of para-hydroxylation sites is 1.